The molecule has 0 saturated carbocycles. The summed E-state index contributed by atoms with van der Waals surface area (Å²) in [4.78, 5) is 7.98. The van der Waals surface area contributed by atoms with Gasteiger partial charge >= 0.3 is 0 Å². The first-order valence-electron chi connectivity index (χ1n) is 5.91. The van der Waals surface area contributed by atoms with E-state index in [1.54, 1.807) is 12.3 Å². The summed E-state index contributed by atoms with van der Waals surface area (Å²) >= 11 is 0. The lowest BCUT2D eigenvalue weighted by Gasteiger charge is -2.20. The second-order valence-corrected chi connectivity index (χ2v) is 5.26. The van der Waals surface area contributed by atoms with Crippen molar-refractivity contribution < 1.29 is 0 Å². The van der Waals surface area contributed by atoms with Gasteiger partial charge in [-0.3, -0.25) is 0 Å². The van der Waals surface area contributed by atoms with E-state index in [-0.39, 0.29) is 11.4 Å². The molecular weight excluding hydrogens is 224 g/mol. The Morgan fingerprint density at radius 1 is 1.17 bits per heavy atom. The molecule has 0 spiro atoms. The van der Waals surface area contributed by atoms with Crippen LogP contribution >= 0.6 is 0 Å². The van der Waals surface area contributed by atoms with Crippen LogP contribution in [0.15, 0.2) is 36.5 Å². The molecule has 2 aromatic rings. The van der Waals surface area contributed by atoms with Crippen molar-refractivity contribution in [2.45, 2.75) is 26.2 Å². The zero-order valence-electron chi connectivity index (χ0n) is 10.9. The van der Waals surface area contributed by atoms with Crippen LogP contribution in [0.1, 0.15) is 26.3 Å². The molecule has 4 nitrogen and oxygen atoms in total. The van der Waals surface area contributed by atoms with Crippen molar-refractivity contribution in [1.82, 2.24) is 9.97 Å². The van der Waals surface area contributed by atoms with Gasteiger partial charge in [-0.1, -0.05) is 32.9 Å². The van der Waals surface area contributed by atoms with Gasteiger partial charge in [-0.15, -0.1) is 0 Å². The van der Waals surface area contributed by atoms with E-state index in [9.17, 15) is 0 Å². The summed E-state index contributed by atoms with van der Waals surface area (Å²) in [5.74, 6) is 0.973. The van der Waals surface area contributed by atoms with E-state index in [2.05, 4.69) is 48.2 Å². The Labute approximate surface area is 107 Å². The number of aromatic nitrogens is 2. The molecule has 0 aliphatic carbocycles. The van der Waals surface area contributed by atoms with E-state index in [4.69, 9.17) is 5.73 Å². The SMILES string of the molecule is CC(C)(C)c1cccc(Nc2ccnc(N)n2)c1. The van der Waals surface area contributed by atoms with Crippen LogP contribution in [0.4, 0.5) is 17.5 Å². The predicted molar refractivity (Wildman–Crippen MR) is 74.9 cm³/mol. The second kappa shape index (κ2) is 4.64. The summed E-state index contributed by atoms with van der Waals surface area (Å²) in [6, 6.07) is 10.1. The third-order valence-electron chi connectivity index (χ3n) is 2.68. The Balaban J connectivity index is 2.25. The lowest BCUT2D eigenvalue weighted by molar-refractivity contribution is 0.590. The molecule has 0 atom stereocenters. The van der Waals surface area contributed by atoms with E-state index in [1.165, 1.54) is 5.56 Å². The van der Waals surface area contributed by atoms with Crippen molar-refractivity contribution >= 4 is 17.5 Å². The van der Waals surface area contributed by atoms with E-state index >= 15 is 0 Å². The average Bonchev–Trinajstić information content (AvgIpc) is 2.28. The molecule has 0 aliphatic heterocycles. The standard InChI is InChI=1S/C14H18N4/c1-14(2,3)10-5-4-6-11(9-10)17-12-7-8-16-13(15)18-12/h4-9H,1-3H3,(H3,15,16,17,18). The summed E-state index contributed by atoms with van der Waals surface area (Å²) in [6.07, 6.45) is 1.64. The van der Waals surface area contributed by atoms with E-state index in [0.29, 0.717) is 5.82 Å². The maximum Gasteiger partial charge on any atom is 0.221 e. The normalized spacial score (nSPS) is 11.3. The molecule has 0 saturated heterocycles. The molecule has 0 radical (unpaired) electrons. The maximum atomic E-state index is 5.55. The van der Waals surface area contributed by atoms with E-state index in [0.717, 1.165) is 5.69 Å². The van der Waals surface area contributed by atoms with Crippen molar-refractivity contribution in [2.75, 3.05) is 11.1 Å². The topological polar surface area (TPSA) is 63.8 Å². The first-order chi connectivity index (χ1) is 8.45. The minimum Gasteiger partial charge on any atom is -0.368 e. The zero-order valence-corrected chi connectivity index (χ0v) is 10.9. The average molecular weight is 242 g/mol. The summed E-state index contributed by atoms with van der Waals surface area (Å²) < 4.78 is 0. The minimum absolute atomic E-state index is 0.127. The maximum absolute atomic E-state index is 5.55. The van der Waals surface area contributed by atoms with Crippen LogP contribution in [0.5, 0.6) is 0 Å². The Morgan fingerprint density at radius 3 is 2.61 bits per heavy atom. The molecule has 4 heteroatoms. The van der Waals surface area contributed by atoms with Crippen LogP contribution in [0.2, 0.25) is 0 Å². The number of benzene rings is 1. The van der Waals surface area contributed by atoms with Gasteiger partial charge in [0, 0.05) is 11.9 Å². The Hall–Kier alpha value is -2.10. The van der Waals surface area contributed by atoms with Crippen molar-refractivity contribution in [3.63, 3.8) is 0 Å². The number of nitrogens with one attached hydrogen (secondary N) is 1. The second-order valence-electron chi connectivity index (χ2n) is 5.26. The highest BCUT2D eigenvalue weighted by atomic mass is 15.1. The molecule has 1 aromatic heterocycles. The quantitative estimate of drug-likeness (QED) is 0.849. The minimum atomic E-state index is 0.127. The fourth-order valence-electron chi connectivity index (χ4n) is 1.65. The number of nitrogens with zero attached hydrogens (tertiary/aromatic N) is 2. The number of rotatable bonds is 2. The van der Waals surface area contributed by atoms with Crippen molar-refractivity contribution in [3.05, 3.63) is 42.1 Å². The van der Waals surface area contributed by atoms with Crippen LogP contribution in [0, 0.1) is 0 Å². The highest BCUT2D eigenvalue weighted by molar-refractivity contribution is 5.58. The molecule has 0 bridgehead atoms. The van der Waals surface area contributed by atoms with Gasteiger partial charge < -0.3 is 11.1 Å². The number of hydrogen-bond donors (Lipinski definition) is 2. The molecule has 0 fully saturated rings. The number of anilines is 3. The van der Waals surface area contributed by atoms with E-state index in [1.807, 2.05) is 12.1 Å². The summed E-state index contributed by atoms with van der Waals surface area (Å²) in [5.41, 5.74) is 7.95. The third-order valence-corrected chi connectivity index (χ3v) is 2.68. The molecule has 0 amide bonds. The molecule has 1 aromatic carbocycles. The summed E-state index contributed by atoms with van der Waals surface area (Å²) in [6.45, 7) is 6.57. The van der Waals surface area contributed by atoms with Gasteiger partial charge in [0.1, 0.15) is 5.82 Å². The van der Waals surface area contributed by atoms with Gasteiger partial charge in [0.2, 0.25) is 5.95 Å². The van der Waals surface area contributed by atoms with Crippen LogP contribution in [-0.4, -0.2) is 9.97 Å². The molecule has 0 aliphatic rings. The zero-order chi connectivity index (χ0) is 13.2. The fourth-order valence-corrected chi connectivity index (χ4v) is 1.65. The Kier molecular flexibility index (Phi) is 3.19. The smallest absolute Gasteiger partial charge is 0.221 e. The van der Waals surface area contributed by atoms with Crippen molar-refractivity contribution in [2.24, 2.45) is 0 Å². The molecule has 3 N–H and O–H groups in total. The Bertz CT molecular complexity index is 543. The van der Waals surface area contributed by atoms with Crippen molar-refractivity contribution in [1.29, 1.82) is 0 Å². The largest absolute Gasteiger partial charge is 0.368 e. The van der Waals surface area contributed by atoms with Crippen LogP contribution in [0.3, 0.4) is 0 Å². The highest BCUT2D eigenvalue weighted by Gasteiger charge is 2.13. The van der Waals surface area contributed by atoms with Gasteiger partial charge in [-0.05, 0) is 29.2 Å². The highest BCUT2D eigenvalue weighted by Crippen LogP contribution is 2.25. The van der Waals surface area contributed by atoms with E-state index < -0.39 is 0 Å². The molecule has 18 heavy (non-hydrogen) atoms. The fraction of sp³-hybridized carbons (Fsp3) is 0.286. The van der Waals surface area contributed by atoms with Crippen LogP contribution in [0.25, 0.3) is 0 Å². The molecule has 1 heterocycles. The third kappa shape index (κ3) is 2.97. The van der Waals surface area contributed by atoms with Gasteiger partial charge in [0.05, 0.1) is 0 Å². The first-order valence-corrected chi connectivity index (χ1v) is 5.91. The Morgan fingerprint density at radius 2 is 1.94 bits per heavy atom. The molecule has 0 unspecified atom stereocenters. The predicted octanol–water partition coefficient (Wildman–Crippen LogP) is 3.10. The molecular formula is C14H18N4. The lowest BCUT2D eigenvalue weighted by atomic mass is 9.87. The number of nitrogen functional groups attached to an aromatic ring is 1. The number of nitrogens with two attached hydrogens (primary N) is 1. The number of hydrogen-bond acceptors (Lipinski definition) is 4. The van der Waals surface area contributed by atoms with Gasteiger partial charge in [-0.25, -0.2) is 4.98 Å². The molecule has 2 rings (SSSR count). The first kappa shape index (κ1) is 12.4. The van der Waals surface area contributed by atoms with Gasteiger partial charge in [0.25, 0.3) is 0 Å². The lowest BCUT2D eigenvalue weighted by Crippen LogP contribution is -2.11. The monoisotopic (exact) mass is 242 g/mol. The van der Waals surface area contributed by atoms with Crippen LogP contribution in [-0.2, 0) is 5.41 Å². The van der Waals surface area contributed by atoms with Gasteiger partial charge in [-0.2, -0.15) is 4.98 Å². The van der Waals surface area contributed by atoms with Gasteiger partial charge in [0.15, 0.2) is 0 Å². The molecule has 94 valence electrons. The summed E-state index contributed by atoms with van der Waals surface area (Å²) in [7, 11) is 0. The summed E-state index contributed by atoms with van der Waals surface area (Å²) in [5, 5.41) is 3.23. The van der Waals surface area contributed by atoms with Crippen molar-refractivity contribution in [3.8, 4) is 0 Å². The van der Waals surface area contributed by atoms with Crippen LogP contribution < -0.4 is 11.1 Å².